The summed E-state index contributed by atoms with van der Waals surface area (Å²) in [5.41, 5.74) is 1.00. The van der Waals surface area contributed by atoms with Crippen LogP contribution in [-0.4, -0.2) is 13.0 Å². The van der Waals surface area contributed by atoms with Crippen LogP contribution in [0.1, 0.15) is 6.92 Å². The molecule has 0 unspecified atom stereocenters. The van der Waals surface area contributed by atoms with Gasteiger partial charge >= 0.3 is 10.2 Å². The molecule has 1 aromatic carbocycles. The van der Waals surface area contributed by atoms with Crippen molar-refractivity contribution >= 4 is 21.8 Å². The normalized spacial score (nSPS) is 14.8. The lowest BCUT2D eigenvalue weighted by atomic mass is 10.1. The largest absolute Gasteiger partial charge is 0.344 e. The summed E-state index contributed by atoms with van der Waals surface area (Å²) < 4.78 is 64.4. The van der Waals surface area contributed by atoms with E-state index in [1.54, 1.807) is 25.2 Å². The van der Waals surface area contributed by atoms with Gasteiger partial charge in [0.05, 0.1) is 0 Å². The molecule has 0 heterocycles. The van der Waals surface area contributed by atoms with E-state index in [-0.39, 0.29) is 17.0 Å². The standard InChI is InChI=1S/C19H21F5N2OS/c1-6-8-9-18(14(3)15(4)25-19(27)7-2)26(5)16-10-12-17(13-11-16)28(20,21,22,23)24/h6-13H,2-4H2,1,5H3,(H,25,27)/b8-6-,18-9+. The molecule has 0 radical (unpaired) electrons. The van der Waals surface area contributed by atoms with Gasteiger partial charge in [0.15, 0.2) is 0 Å². The van der Waals surface area contributed by atoms with Gasteiger partial charge in [0.25, 0.3) is 0 Å². The quantitative estimate of drug-likeness (QED) is 0.291. The van der Waals surface area contributed by atoms with Crippen molar-refractivity contribution in [1.29, 1.82) is 0 Å². The lowest BCUT2D eigenvalue weighted by molar-refractivity contribution is -0.115. The van der Waals surface area contributed by atoms with Crippen LogP contribution in [0.2, 0.25) is 0 Å². The molecule has 154 valence electrons. The fraction of sp³-hybridized carbons (Fsp3) is 0.105. The fourth-order valence-corrected chi connectivity index (χ4v) is 2.75. The first-order valence-electron chi connectivity index (χ1n) is 7.83. The van der Waals surface area contributed by atoms with Gasteiger partial charge in [-0.1, -0.05) is 51.3 Å². The van der Waals surface area contributed by atoms with Gasteiger partial charge in [-0.15, -0.1) is 0 Å². The zero-order valence-electron chi connectivity index (χ0n) is 15.4. The van der Waals surface area contributed by atoms with E-state index in [0.717, 1.165) is 18.2 Å². The number of hydrogen-bond acceptors (Lipinski definition) is 2. The van der Waals surface area contributed by atoms with Crippen LogP contribution < -0.4 is 10.2 Å². The highest BCUT2D eigenvalue weighted by Gasteiger charge is 2.65. The number of halogens is 5. The van der Waals surface area contributed by atoms with Gasteiger partial charge in [-0.05, 0) is 43.3 Å². The topological polar surface area (TPSA) is 32.3 Å². The average molecular weight is 420 g/mol. The van der Waals surface area contributed by atoms with Crippen LogP contribution in [0, 0.1) is 0 Å². The van der Waals surface area contributed by atoms with Gasteiger partial charge in [-0.25, -0.2) is 0 Å². The first kappa shape index (κ1) is 23.2. The van der Waals surface area contributed by atoms with Crippen LogP contribution in [0.5, 0.6) is 0 Å². The number of anilines is 1. The molecule has 9 heteroatoms. The van der Waals surface area contributed by atoms with Gasteiger partial charge < -0.3 is 10.2 Å². The zero-order chi connectivity index (χ0) is 21.8. The molecular weight excluding hydrogens is 399 g/mol. The minimum atomic E-state index is -9.74. The molecule has 0 aromatic heterocycles. The monoisotopic (exact) mass is 420 g/mol. The van der Waals surface area contributed by atoms with Crippen LogP contribution in [-0.2, 0) is 4.79 Å². The summed E-state index contributed by atoms with van der Waals surface area (Å²) in [4.78, 5) is 10.9. The van der Waals surface area contributed by atoms with E-state index in [4.69, 9.17) is 0 Å². The fourth-order valence-electron chi connectivity index (χ4n) is 2.10. The number of likely N-dealkylation sites (N-methyl/N-ethyl adjacent to an activating group) is 1. The molecule has 0 spiro atoms. The number of nitrogens with zero attached hydrogens (tertiary/aromatic N) is 1. The number of benzene rings is 1. The molecule has 1 amide bonds. The predicted molar refractivity (Wildman–Crippen MR) is 106 cm³/mol. The van der Waals surface area contributed by atoms with Gasteiger partial charge in [0.2, 0.25) is 5.91 Å². The van der Waals surface area contributed by atoms with Crippen molar-refractivity contribution in [3.63, 3.8) is 0 Å². The Morgan fingerprint density at radius 3 is 2.07 bits per heavy atom. The van der Waals surface area contributed by atoms with E-state index in [0.29, 0.717) is 17.8 Å². The second-order valence-corrected chi connectivity index (χ2v) is 8.16. The first-order chi connectivity index (χ1) is 12.6. The molecule has 0 aliphatic carbocycles. The molecule has 28 heavy (non-hydrogen) atoms. The highest BCUT2D eigenvalue weighted by molar-refractivity contribution is 8.45. The Morgan fingerprint density at radius 1 is 1.11 bits per heavy atom. The lowest BCUT2D eigenvalue weighted by Gasteiger charge is -2.40. The molecule has 0 aliphatic heterocycles. The van der Waals surface area contributed by atoms with E-state index in [2.05, 4.69) is 25.1 Å². The second-order valence-electron chi connectivity index (χ2n) is 5.75. The Balaban J connectivity index is 3.27. The maximum absolute atomic E-state index is 12.9. The van der Waals surface area contributed by atoms with Crippen LogP contribution in [0.4, 0.5) is 25.1 Å². The van der Waals surface area contributed by atoms with Crippen molar-refractivity contribution in [2.24, 2.45) is 0 Å². The molecule has 0 atom stereocenters. The molecule has 1 rings (SSSR count). The maximum Gasteiger partial charge on any atom is 0.310 e. The van der Waals surface area contributed by atoms with E-state index >= 15 is 0 Å². The SMILES string of the molecule is C=CC(=O)NC(=C)C(=C)/C(=C\C=C/C)N(C)c1ccc(S(F)(F)(F)(F)F)cc1. The number of rotatable bonds is 8. The third-order valence-electron chi connectivity index (χ3n) is 3.61. The molecule has 1 aromatic rings. The molecule has 0 saturated carbocycles. The van der Waals surface area contributed by atoms with Gasteiger partial charge in [0, 0.05) is 29.7 Å². The Bertz CT molecular complexity index is 869. The first-order valence-corrected chi connectivity index (χ1v) is 9.78. The molecule has 1 N–H and O–H groups in total. The van der Waals surface area contributed by atoms with Crippen LogP contribution >= 0.6 is 10.2 Å². The summed E-state index contributed by atoms with van der Waals surface area (Å²) in [6.07, 6.45) is 5.97. The summed E-state index contributed by atoms with van der Waals surface area (Å²) in [7, 11) is -8.23. The van der Waals surface area contributed by atoms with Gasteiger partial charge in [-0.2, -0.15) is 0 Å². The van der Waals surface area contributed by atoms with Crippen molar-refractivity contribution in [2.45, 2.75) is 11.8 Å². The van der Waals surface area contributed by atoms with Crippen molar-refractivity contribution in [1.82, 2.24) is 5.32 Å². The van der Waals surface area contributed by atoms with Crippen LogP contribution in [0.25, 0.3) is 0 Å². The highest BCUT2D eigenvalue weighted by Crippen LogP contribution is 3.02. The third kappa shape index (κ3) is 6.12. The molecular formula is C19H21F5N2OS. The third-order valence-corrected chi connectivity index (χ3v) is 4.77. The van der Waals surface area contributed by atoms with E-state index in [9.17, 15) is 24.2 Å². The Kier molecular flexibility index (Phi) is 6.06. The molecule has 0 fully saturated rings. The number of carbonyl (C=O) groups is 1. The molecule has 0 saturated heterocycles. The van der Waals surface area contributed by atoms with E-state index < -0.39 is 21.0 Å². The van der Waals surface area contributed by atoms with Crippen molar-refractivity contribution in [2.75, 3.05) is 11.9 Å². The Labute approximate surface area is 160 Å². The van der Waals surface area contributed by atoms with E-state index in [1.165, 1.54) is 11.9 Å². The number of amides is 1. The maximum atomic E-state index is 12.9. The van der Waals surface area contributed by atoms with Gasteiger partial charge in [0.1, 0.15) is 4.90 Å². The smallest absolute Gasteiger partial charge is 0.310 e. The lowest BCUT2D eigenvalue weighted by Crippen LogP contribution is -2.25. The average Bonchev–Trinajstić information content (AvgIpc) is 2.59. The summed E-state index contributed by atoms with van der Waals surface area (Å²) in [6.45, 7) is 12.6. The summed E-state index contributed by atoms with van der Waals surface area (Å²) >= 11 is 0. The summed E-state index contributed by atoms with van der Waals surface area (Å²) in [5, 5.41) is 2.45. The van der Waals surface area contributed by atoms with Crippen molar-refractivity contribution in [3.05, 3.63) is 85.3 Å². The number of allylic oxidation sites excluding steroid dienone is 3. The number of carbonyl (C=O) groups excluding carboxylic acids is 1. The molecule has 0 aliphatic rings. The summed E-state index contributed by atoms with van der Waals surface area (Å²) in [5.74, 6) is -0.514. The van der Waals surface area contributed by atoms with Gasteiger partial charge in [-0.3, -0.25) is 4.79 Å². The highest BCUT2D eigenvalue weighted by atomic mass is 32.5. The second kappa shape index (κ2) is 7.31. The minimum absolute atomic E-state index is 0.149. The Hall–Kier alpha value is -2.81. The predicted octanol–water partition coefficient (Wildman–Crippen LogP) is 6.61. The van der Waals surface area contributed by atoms with E-state index in [1.807, 2.05) is 0 Å². The van der Waals surface area contributed by atoms with Crippen LogP contribution in [0.15, 0.2) is 90.2 Å². The number of nitrogens with one attached hydrogen (secondary N) is 1. The van der Waals surface area contributed by atoms with Crippen molar-refractivity contribution in [3.8, 4) is 0 Å². The van der Waals surface area contributed by atoms with Crippen molar-refractivity contribution < 1.29 is 24.2 Å². The van der Waals surface area contributed by atoms with Crippen LogP contribution in [0.3, 0.4) is 0 Å². The molecule has 0 bridgehead atoms. The number of hydrogen-bond donors (Lipinski definition) is 1. The Morgan fingerprint density at radius 2 is 1.64 bits per heavy atom. The minimum Gasteiger partial charge on any atom is -0.344 e. The molecule has 3 nitrogen and oxygen atoms in total. The zero-order valence-corrected chi connectivity index (χ0v) is 16.2. The summed E-state index contributed by atoms with van der Waals surface area (Å²) in [6, 6.07) is 2.51.